The molecule has 2 amide bonds. The van der Waals surface area contributed by atoms with Gasteiger partial charge in [-0.3, -0.25) is 9.59 Å². The van der Waals surface area contributed by atoms with E-state index in [1.165, 1.54) is 11.8 Å². The van der Waals surface area contributed by atoms with Gasteiger partial charge in [-0.1, -0.05) is 6.58 Å². The van der Waals surface area contributed by atoms with Crippen LogP contribution in [0.5, 0.6) is 0 Å². The Hall–Kier alpha value is -2.14. The van der Waals surface area contributed by atoms with Gasteiger partial charge in [-0.2, -0.15) is 0 Å². The fraction of sp³-hybridized carbons (Fsp3) is 0.375. The Morgan fingerprint density at radius 1 is 1.05 bits per heavy atom. The third-order valence-electron chi connectivity index (χ3n) is 2.95. The molecule has 5 nitrogen and oxygen atoms in total. The smallest absolute Gasteiger partial charge is 0.279 e. The second-order valence-corrected chi connectivity index (χ2v) is 5.22. The van der Waals surface area contributed by atoms with E-state index in [0.29, 0.717) is 12.2 Å². The summed E-state index contributed by atoms with van der Waals surface area (Å²) in [7, 11) is 0. The molecular formula is C16H24N3O2+. The lowest BCUT2D eigenvalue weighted by atomic mass is 10.2. The van der Waals surface area contributed by atoms with Crippen molar-refractivity contribution in [3.63, 3.8) is 0 Å². The summed E-state index contributed by atoms with van der Waals surface area (Å²) < 4.78 is 0. The quantitative estimate of drug-likeness (QED) is 0.658. The molecule has 1 aromatic rings. The van der Waals surface area contributed by atoms with Crippen molar-refractivity contribution < 1.29 is 14.5 Å². The standard InChI is InChI=1S/C16H23N3O2/c1-5-19(10-12(2)3)11-16(21)18-15-8-6-14(7-9-15)17-13(4)20/h6-9H,2,5,10-11H2,1,3-4H3,(H,17,20)(H,18,21)/p+1. The lowest BCUT2D eigenvalue weighted by Gasteiger charge is -2.17. The summed E-state index contributed by atoms with van der Waals surface area (Å²) in [6.45, 7) is 11.4. The molecule has 3 N–H and O–H groups in total. The first kappa shape index (κ1) is 16.9. The van der Waals surface area contributed by atoms with E-state index in [1.807, 2.05) is 13.8 Å². The van der Waals surface area contributed by atoms with Crippen LogP contribution in [0.25, 0.3) is 0 Å². The zero-order valence-corrected chi connectivity index (χ0v) is 13.0. The molecule has 0 spiro atoms. The van der Waals surface area contributed by atoms with E-state index in [-0.39, 0.29) is 11.8 Å². The first-order valence-corrected chi connectivity index (χ1v) is 7.06. The fourth-order valence-electron chi connectivity index (χ4n) is 2.01. The Balaban J connectivity index is 2.54. The summed E-state index contributed by atoms with van der Waals surface area (Å²) in [5.41, 5.74) is 2.50. The maximum absolute atomic E-state index is 12.0. The molecule has 0 bridgehead atoms. The van der Waals surface area contributed by atoms with Crippen molar-refractivity contribution in [2.75, 3.05) is 30.3 Å². The average molecular weight is 290 g/mol. The van der Waals surface area contributed by atoms with Crippen LogP contribution in [0.15, 0.2) is 36.4 Å². The summed E-state index contributed by atoms with van der Waals surface area (Å²) in [5, 5.41) is 5.54. The molecule has 0 saturated heterocycles. The van der Waals surface area contributed by atoms with Gasteiger partial charge in [-0.05, 0) is 43.7 Å². The van der Waals surface area contributed by atoms with Gasteiger partial charge in [0.2, 0.25) is 5.91 Å². The number of anilines is 2. The number of carbonyl (C=O) groups excluding carboxylic acids is 2. The molecule has 1 atom stereocenters. The minimum atomic E-state index is -0.117. The first-order chi connectivity index (χ1) is 9.90. The lowest BCUT2D eigenvalue weighted by molar-refractivity contribution is -0.885. The SMILES string of the molecule is C=C(C)C[NH+](CC)CC(=O)Nc1ccc(NC(C)=O)cc1. The topological polar surface area (TPSA) is 62.6 Å². The highest BCUT2D eigenvalue weighted by atomic mass is 16.2. The van der Waals surface area contributed by atoms with E-state index in [2.05, 4.69) is 17.2 Å². The zero-order valence-electron chi connectivity index (χ0n) is 13.0. The van der Waals surface area contributed by atoms with Gasteiger partial charge in [0.05, 0.1) is 13.1 Å². The van der Waals surface area contributed by atoms with Crippen LogP contribution >= 0.6 is 0 Å². The van der Waals surface area contributed by atoms with Gasteiger partial charge >= 0.3 is 0 Å². The van der Waals surface area contributed by atoms with Gasteiger partial charge in [-0.25, -0.2) is 0 Å². The summed E-state index contributed by atoms with van der Waals surface area (Å²) >= 11 is 0. The van der Waals surface area contributed by atoms with Crippen molar-refractivity contribution >= 4 is 23.2 Å². The van der Waals surface area contributed by atoms with Crippen LogP contribution in [0, 0.1) is 0 Å². The predicted octanol–water partition coefficient (Wildman–Crippen LogP) is 1.06. The summed E-state index contributed by atoms with van der Waals surface area (Å²) in [6, 6.07) is 7.06. The normalized spacial score (nSPS) is 11.6. The molecule has 1 aromatic carbocycles. The molecule has 5 heteroatoms. The van der Waals surface area contributed by atoms with Crippen molar-refractivity contribution in [1.82, 2.24) is 0 Å². The Bertz CT molecular complexity index is 509. The van der Waals surface area contributed by atoms with Crippen LogP contribution in [0.1, 0.15) is 20.8 Å². The molecule has 114 valence electrons. The molecule has 1 rings (SSSR count). The van der Waals surface area contributed by atoms with Gasteiger partial charge < -0.3 is 15.5 Å². The summed E-state index contributed by atoms with van der Waals surface area (Å²) in [5.74, 6) is -0.144. The number of nitrogens with one attached hydrogen (secondary N) is 3. The average Bonchev–Trinajstić information content (AvgIpc) is 2.39. The number of rotatable bonds is 7. The number of hydrogen-bond donors (Lipinski definition) is 3. The van der Waals surface area contributed by atoms with Crippen molar-refractivity contribution in [3.05, 3.63) is 36.4 Å². The molecule has 0 fully saturated rings. The first-order valence-electron chi connectivity index (χ1n) is 7.06. The van der Waals surface area contributed by atoms with Crippen LogP contribution in [0.4, 0.5) is 11.4 Å². The molecule has 21 heavy (non-hydrogen) atoms. The van der Waals surface area contributed by atoms with Gasteiger partial charge in [-0.15, -0.1) is 0 Å². The highest BCUT2D eigenvalue weighted by Gasteiger charge is 2.12. The van der Waals surface area contributed by atoms with Gasteiger partial charge in [0, 0.05) is 18.3 Å². The number of hydrogen-bond acceptors (Lipinski definition) is 2. The third kappa shape index (κ3) is 6.72. The second-order valence-electron chi connectivity index (χ2n) is 5.22. The van der Waals surface area contributed by atoms with E-state index >= 15 is 0 Å². The predicted molar refractivity (Wildman–Crippen MR) is 85.4 cm³/mol. The Morgan fingerprint density at radius 2 is 1.57 bits per heavy atom. The van der Waals surface area contributed by atoms with Crippen LogP contribution in [0.3, 0.4) is 0 Å². The monoisotopic (exact) mass is 290 g/mol. The van der Waals surface area contributed by atoms with Crippen LogP contribution < -0.4 is 15.5 Å². The molecule has 0 aromatic heterocycles. The number of quaternary nitrogens is 1. The summed E-state index contributed by atoms with van der Waals surface area (Å²) in [6.07, 6.45) is 0. The molecule has 0 aliphatic rings. The van der Waals surface area contributed by atoms with E-state index in [0.717, 1.165) is 24.4 Å². The third-order valence-corrected chi connectivity index (χ3v) is 2.95. The van der Waals surface area contributed by atoms with E-state index < -0.39 is 0 Å². The Labute approximate surface area is 126 Å². The highest BCUT2D eigenvalue weighted by Crippen LogP contribution is 2.13. The van der Waals surface area contributed by atoms with Gasteiger partial charge in [0.15, 0.2) is 6.54 Å². The molecule has 1 unspecified atom stereocenters. The van der Waals surface area contributed by atoms with Crippen LogP contribution in [-0.4, -0.2) is 31.4 Å². The number of likely N-dealkylation sites (N-methyl/N-ethyl adjacent to an activating group) is 1. The van der Waals surface area contributed by atoms with Crippen molar-refractivity contribution in [2.24, 2.45) is 0 Å². The van der Waals surface area contributed by atoms with Crippen molar-refractivity contribution in [1.29, 1.82) is 0 Å². The maximum atomic E-state index is 12.0. The lowest BCUT2D eigenvalue weighted by Crippen LogP contribution is -3.12. The molecule has 0 heterocycles. The van der Waals surface area contributed by atoms with E-state index in [4.69, 9.17) is 0 Å². The molecule has 0 radical (unpaired) electrons. The second kappa shape index (κ2) is 8.21. The molecule has 0 saturated carbocycles. The molecule has 0 aliphatic heterocycles. The van der Waals surface area contributed by atoms with E-state index in [1.54, 1.807) is 24.3 Å². The molecule has 0 aliphatic carbocycles. The highest BCUT2D eigenvalue weighted by molar-refractivity contribution is 5.92. The minimum absolute atomic E-state index is 0.0274. The maximum Gasteiger partial charge on any atom is 0.279 e. The molecular weight excluding hydrogens is 266 g/mol. The largest absolute Gasteiger partial charge is 0.326 e. The van der Waals surface area contributed by atoms with Crippen molar-refractivity contribution in [3.8, 4) is 0 Å². The number of amides is 2. The van der Waals surface area contributed by atoms with Gasteiger partial charge in [0.25, 0.3) is 5.91 Å². The Kier molecular flexibility index (Phi) is 6.62. The van der Waals surface area contributed by atoms with Crippen LogP contribution in [-0.2, 0) is 9.59 Å². The number of benzene rings is 1. The van der Waals surface area contributed by atoms with Crippen LogP contribution in [0.2, 0.25) is 0 Å². The van der Waals surface area contributed by atoms with E-state index in [9.17, 15) is 9.59 Å². The number of carbonyl (C=O) groups is 2. The van der Waals surface area contributed by atoms with Crippen molar-refractivity contribution in [2.45, 2.75) is 20.8 Å². The van der Waals surface area contributed by atoms with Gasteiger partial charge in [0.1, 0.15) is 0 Å². The Morgan fingerprint density at radius 3 is 2.00 bits per heavy atom. The zero-order chi connectivity index (χ0) is 15.8. The summed E-state index contributed by atoms with van der Waals surface area (Å²) in [4.78, 5) is 24.1. The minimum Gasteiger partial charge on any atom is -0.326 e. The fourth-order valence-corrected chi connectivity index (χ4v) is 2.01.